The summed E-state index contributed by atoms with van der Waals surface area (Å²) in [5.74, 6) is -1.03. The maximum atomic E-state index is 14.1. The molecule has 12 heteroatoms. The van der Waals surface area contributed by atoms with Crippen LogP contribution in [0.2, 0.25) is 0 Å². The molecule has 3 amide bonds. The van der Waals surface area contributed by atoms with Crippen LogP contribution in [0.1, 0.15) is 95.7 Å². The monoisotopic (exact) mass is 642 g/mol. The average molecular weight is 643 g/mol. The van der Waals surface area contributed by atoms with Gasteiger partial charge in [0.25, 0.3) is 0 Å². The summed E-state index contributed by atoms with van der Waals surface area (Å²) in [6.45, 7) is 5.10. The van der Waals surface area contributed by atoms with Crippen molar-refractivity contribution in [1.29, 1.82) is 0 Å². The highest BCUT2D eigenvalue weighted by atomic mass is 19.1. The second-order valence-corrected chi connectivity index (χ2v) is 14.0. The molecule has 2 aromatic rings. The fourth-order valence-electron chi connectivity index (χ4n) is 7.60. The predicted molar refractivity (Wildman–Crippen MR) is 169 cm³/mol. The number of oxazole rings is 1. The fourth-order valence-corrected chi connectivity index (χ4v) is 7.60. The van der Waals surface area contributed by atoms with Gasteiger partial charge in [-0.3, -0.25) is 9.59 Å². The van der Waals surface area contributed by atoms with Crippen LogP contribution < -0.4 is 10.6 Å². The van der Waals surface area contributed by atoms with Crippen molar-refractivity contribution < 1.29 is 37.5 Å². The molecule has 1 aromatic carbocycles. The molecular formula is C34H47FN4O7. The molecule has 11 nitrogen and oxygen atoms in total. The minimum absolute atomic E-state index is 0.0246. The molecule has 0 bridgehead atoms. The van der Waals surface area contributed by atoms with E-state index in [1.807, 2.05) is 0 Å². The first-order chi connectivity index (χ1) is 22.0. The quantitative estimate of drug-likeness (QED) is 0.333. The third kappa shape index (κ3) is 7.81. The Morgan fingerprint density at radius 2 is 1.76 bits per heavy atom. The molecule has 252 valence electrons. The second kappa shape index (κ2) is 14.4. The Kier molecular flexibility index (Phi) is 10.5. The summed E-state index contributed by atoms with van der Waals surface area (Å²) >= 11 is 0. The number of hydrogen-bond donors (Lipinski definition) is 2. The Bertz CT molecular complexity index is 1410. The fraction of sp³-hybridized carbons (Fsp3) is 0.676. The number of aromatic nitrogens is 1. The lowest BCUT2D eigenvalue weighted by molar-refractivity contribution is -0.142. The first kappa shape index (κ1) is 33.7. The molecule has 1 aliphatic heterocycles. The van der Waals surface area contributed by atoms with E-state index in [1.54, 1.807) is 43.9 Å². The van der Waals surface area contributed by atoms with Crippen molar-refractivity contribution in [2.45, 2.75) is 103 Å². The number of alkyl halides is 1. The van der Waals surface area contributed by atoms with Gasteiger partial charge < -0.3 is 29.4 Å². The smallest absolute Gasteiger partial charge is 0.407 e. The summed E-state index contributed by atoms with van der Waals surface area (Å²) in [5, 5.41) is 5.71. The Morgan fingerprint density at radius 1 is 1.04 bits per heavy atom. The van der Waals surface area contributed by atoms with Crippen molar-refractivity contribution in [2.75, 3.05) is 25.6 Å². The van der Waals surface area contributed by atoms with Crippen LogP contribution in [0, 0.1) is 23.7 Å². The molecule has 1 saturated heterocycles. The molecule has 5 rings (SSSR count). The van der Waals surface area contributed by atoms with Crippen LogP contribution in [-0.2, 0) is 19.1 Å². The first-order valence-corrected chi connectivity index (χ1v) is 16.6. The normalized spacial score (nSPS) is 24.8. The Labute approximate surface area is 269 Å². The van der Waals surface area contributed by atoms with Gasteiger partial charge >= 0.3 is 18.0 Å². The number of carbonyl (C=O) groups is 4. The van der Waals surface area contributed by atoms with E-state index in [9.17, 15) is 23.6 Å². The molecule has 1 aromatic heterocycles. The molecule has 46 heavy (non-hydrogen) atoms. The molecule has 2 saturated carbocycles. The van der Waals surface area contributed by atoms with E-state index in [-0.39, 0.29) is 35.5 Å². The molecule has 3 aliphatic rings. The lowest BCUT2D eigenvalue weighted by atomic mass is 9.76. The van der Waals surface area contributed by atoms with Gasteiger partial charge in [-0.1, -0.05) is 32.1 Å². The zero-order valence-corrected chi connectivity index (χ0v) is 27.3. The second-order valence-electron chi connectivity index (χ2n) is 14.0. The molecule has 3 atom stereocenters. The van der Waals surface area contributed by atoms with E-state index < -0.39 is 36.4 Å². The predicted octanol–water partition coefficient (Wildman–Crippen LogP) is 6.02. The summed E-state index contributed by atoms with van der Waals surface area (Å²) in [5.41, 5.74) is 0.619. The summed E-state index contributed by atoms with van der Waals surface area (Å²) in [7, 11) is 1.25. The van der Waals surface area contributed by atoms with Crippen molar-refractivity contribution >= 4 is 40.7 Å². The van der Waals surface area contributed by atoms with Crippen LogP contribution in [0.4, 0.5) is 14.9 Å². The van der Waals surface area contributed by atoms with Gasteiger partial charge in [0.05, 0.1) is 13.2 Å². The van der Waals surface area contributed by atoms with Gasteiger partial charge in [0, 0.05) is 18.2 Å². The summed E-state index contributed by atoms with van der Waals surface area (Å²) in [4.78, 5) is 58.2. The summed E-state index contributed by atoms with van der Waals surface area (Å²) in [6.07, 6.45) is 8.04. The number of nitrogens with one attached hydrogen (secondary N) is 2. The Hall–Kier alpha value is -3.70. The highest BCUT2D eigenvalue weighted by molar-refractivity contribution is 5.99. The third-order valence-electron chi connectivity index (χ3n) is 9.83. The third-order valence-corrected chi connectivity index (χ3v) is 9.83. The number of esters is 1. The van der Waals surface area contributed by atoms with Crippen LogP contribution in [0.25, 0.3) is 11.1 Å². The average Bonchev–Trinajstić information content (AvgIpc) is 3.67. The van der Waals surface area contributed by atoms with Crippen molar-refractivity contribution in [1.82, 2.24) is 15.2 Å². The van der Waals surface area contributed by atoms with Crippen LogP contribution in [0.5, 0.6) is 0 Å². The number of ether oxygens (including phenoxy) is 2. The standard InChI is InChI=1S/C34H47FN4O7/c1-34(2,3)46-33(43)38-26(19-35)21-10-12-22(13-11-21)31(41)39-17-16-24(20-8-6-5-7-9-20)28(39)29(40)36-23-14-15-27-25(18-23)37-30(45-27)32(42)44-4/h14-15,18,20-22,24,26,28H,5-13,16-17,19H2,1-4H3,(H,36,40)(H,38,43)/t21-,22-,24-,26+,28-/m0/s1. The number of hydrogen-bond acceptors (Lipinski definition) is 8. The van der Waals surface area contributed by atoms with E-state index >= 15 is 0 Å². The summed E-state index contributed by atoms with van der Waals surface area (Å²) < 4.78 is 29.5. The minimum atomic E-state index is -0.704. The van der Waals surface area contributed by atoms with Gasteiger partial charge in [-0.15, -0.1) is 0 Å². The lowest BCUT2D eigenvalue weighted by Crippen LogP contribution is -2.50. The number of likely N-dealkylation sites (tertiary alicyclic amines) is 1. The molecule has 3 fully saturated rings. The zero-order valence-electron chi connectivity index (χ0n) is 27.3. The molecule has 0 unspecified atom stereocenters. The highest BCUT2D eigenvalue weighted by Crippen LogP contribution is 2.41. The largest absolute Gasteiger partial charge is 0.462 e. The number of anilines is 1. The Balaban J connectivity index is 1.27. The zero-order chi connectivity index (χ0) is 33.0. The molecule has 2 aliphatic carbocycles. The van der Waals surface area contributed by atoms with Crippen LogP contribution >= 0.6 is 0 Å². The number of amides is 3. The first-order valence-electron chi connectivity index (χ1n) is 16.6. The van der Waals surface area contributed by atoms with E-state index in [4.69, 9.17) is 13.9 Å². The molecule has 2 N–H and O–H groups in total. The Morgan fingerprint density at radius 3 is 2.41 bits per heavy atom. The van der Waals surface area contributed by atoms with Crippen molar-refractivity contribution in [3.63, 3.8) is 0 Å². The van der Waals surface area contributed by atoms with E-state index in [0.717, 1.165) is 32.1 Å². The maximum Gasteiger partial charge on any atom is 0.407 e. The van der Waals surface area contributed by atoms with E-state index in [2.05, 4.69) is 15.6 Å². The van der Waals surface area contributed by atoms with Gasteiger partial charge in [0.1, 0.15) is 23.8 Å². The van der Waals surface area contributed by atoms with E-state index in [1.165, 1.54) is 13.5 Å². The van der Waals surface area contributed by atoms with Crippen molar-refractivity contribution in [2.24, 2.45) is 23.7 Å². The molecule has 2 heterocycles. The topological polar surface area (TPSA) is 140 Å². The maximum absolute atomic E-state index is 14.1. The highest BCUT2D eigenvalue weighted by Gasteiger charge is 2.47. The number of halogens is 1. The van der Waals surface area contributed by atoms with Gasteiger partial charge in [0.15, 0.2) is 5.58 Å². The van der Waals surface area contributed by atoms with Gasteiger partial charge in [0.2, 0.25) is 11.8 Å². The number of nitrogens with zero attached hydrogens (tertiary/aromatic N) is 2. The van der Waals surface area contributed by atoms with Crippen molar-refractivity contribution in [3.05, 3.63) is 24.1 Å². The number of carbonyl (C=O) groups excluding carboxylic acids is 4. The number of methoxy groups -OCH3 is 1. The van der Waals surface area contributed by atoms with Gasteiger partial charge in [-0.2, -0.15) is 0 Å². The molecule has 0 radical (unpaired) electrons. The lowest BCUT2D eigenvalue weighted by Gasteiger charge is -2.37. The SMILES string of the molecule is COC(=O)c1nc2cc(NC(=O)[C@@H]3[C@H](C4CCCCC4)CCN3C(=O)[C@H]3CC[C@H]([C@@H](CF)NC(=O)OC(C)(C)C)CC3)ccc2o1. The number of rotatable bonds is 8. The van der Waals surface area contributed by atoms with E-state index in [0.29, 0.717) is 54.9 Å². The van der Waals surface area contributed by atoms with Crippen LogP contribution in [-0.4, -0.2) is 71.8 Å². The molecular weight excluding hydrogens is 595 g/mol. The van der Waals surface area contributed by atoms with Crippen LogP contribution in [0.3, 0.4) is 0 Å². The summed E-state index contributed by atoms with van der Waals surface area (Å²) in [6, 6.07) is 3.71. The number of alkyl carbamates (subject to hydrolysis) is 1. The minimum Gasteiger partial charge on any atom is -0.462 e. The molecule has 0 spiro atoms. The number of fused-ring (bicyclic) bond motifs is 1. The number of benzene rings is 1. The van der Waals surface area contributed by atoms with Gasteiger partial charge in [-0.05, 0) is 88.8 Å². The van der Waals surface area contributed by atoms with Crippen LogP contribution in [0.15, 0.2) is 22.6 Å². The van der Waals surface area contributed by atoms with Gasteiger partial charge in [-0.25, -0.2) is 19.0 Å². The van der Waals surface area contributed by atoms with Crippen molar-refractivity contribution in [3.8, 4) is 0 Å².